The summed E-state index contributed by atoms with van der Waals surface area (Å²) in [4.78, 5) is 14.5. The molecule has 4 aromatic rings. The first kappa shape index (κ1) is 24.5. The molecule has 1 amide bonds. The van der Waals surface area contributed by atoms with Crippen molar-refractivity contribution in [1.82, 2.24) is 0 Å². The number of aliphatic hydroxyl groups excluding tert-OH is 1. The number of aliphatic hydroxyl groups is 1. The molecule has 3 atom stereocenters. The van der Waals surface area contributed by atoms with Gasteiger partial charge in [-0.15, -0.1) is 0 Å². The van der Waals surface area contributed by atoms with E-state index in [1.165, 1.54) is 17.0 Å². The van der Waals surface area contributed by atoms with E-state index >= 15 is 0 Å². The van der Waals surface area contributed by atoms with Gasteiger partial charge in [0.15, 0.2) is 6.10 Å². The van der Waals surface area contributed by atoms with Crippen LogP contribution < -0.4 is 9.64 Å². The lowest BCUT2D eigenvalue weighted by atomic mass is 9.93. The van der Waals surface area contributed by atoms with E-state index in [0.29, 0.717) is 30.9 Å². The van der Waals surface area contributed by atoms with Gasteiger partial charge in [-0.05, 0) is 65.9 Å². The second-order valence-corrected chi connectivity index (χ2v) is 9.07. The van der Waals surface area contributed by atoms with Gasteiger partial charge in [-0.1, -0.05) is 72.8 Å². The molecule has 1 aliphatic rings. The summed E-state index contributed by atoms with van der Waals surface area (Å²) < 4.78 is 25.2. The largest absolute Gasteiger partial charge is 0.489 e. The van der Waals surface area contributed by atoms with Crippen LogP contribution in [0.5, 0.6) is 5.75 Å². The van der Waals surface area contributed by atoms with E-state index in [0.717, 1.165) is 16.7 Å². The van der Waals surface area contributed by atoms with Gasteiger partial charge >= 0.3 is 6.09 Å². The van der Waals surface area contributed by atoms with Crippen LogP contribution in [0.2, 0.25) is 0 Å². The van der Waals surface area contributed by atoms with Gasteiger partial charge in [0.1, 0.15) is 24.2 Å². The van der Waals surface area contributed by atoms with E-state index in [1.807, 2.05) is 84.9 Å². The van der Waals surface area contributed by atoms with Crippen molar-refractivity contribution >= 4 is 11.8 Å². The average molecular weight is 498 g/mol. The standard InChI is InChI=1S/C31H28FNO4/c32-25-14-16-26(17-15-25)33-29(24-12-18-27(19-13-24)36-21-23-9-5-2-6-10-23)30(37-31(33)35)28(34)20-11-22-7-3-1-4-8-22/h1-10,12-19,28-30,34H,11,20-21H2/t28-,29+,30?/m0/s1. The van der Waals surface area contributed by atoms with Crippen molar-refractivity contribution in [3.05, 3.63) is 132 Å². The molecule has 0 bridgehead atoms. The number of nitrogens with zero attached hydrogens (tertiary/aromatic N) is 1. The van der Waals surface area contributed by atoms with Crippen LogP contribution in [0.3, 0.4) is 0 Å². The third-order valence-corrected chi connectivity index (χ3v) is 6.55. The van der Waals surface area contributed by atoms with Gasteiger partial charge in [-0.3, -0.25) is 4.90 Å². The smallest absolute Gasteiger partial charge is 0.415 e. The maximum atomic E-state index is 13.6. The number of ether oxygens (including phenoxy) is 2. The van der Waals surface area contributed by atoms with Gasteiger partial charge in [0, 0.05) is 5.69 Å². The SMILES string of the molecule is O=C1OC([C@@H](O)CCc2ccccc2)[C@@H](c2ccc(OCc3ccccc3)cc2)N1c1ccc(F)cc1. The van der Waals surface area contributed by atoms with E-state index in [9.17, 15) is 14.3 Å². The zero-order valence-corrected chi connectivity index (χ0v) is 20.2. The molecule has 188 valence electrons. The highest BCUT2D eigenvalue weighted by Gasteiger charge is 2.46. The molecule has 1 fully saturated rings. The minimum absolute atomic E-state index is 0.396. The number of hydrogen-bond acceptors (Lipinski definition) is 4. The molecule has 0 aromatic heterocycles. The molecule has 1 saturated heterocycles. The number of cyclic esters (lactones) is 1. The molecular weight excluding hydrogens is 469 g/mol. The summed E-state index contributed by atoms with van der Waals surface area (Å²) in [5.74, 6) is 0.291. The zero-order valence-electron chi connectivity index (χ0n) is 20.2. The fraction of sp³-hybridized carbons (Fsp3) is 0.194. The van der Waals surface area contributed by atoms with Gasteiger partial charge in [0.05, 0.1) is 6.10 Å². The van der Waals surface area contributed by atoms with Crippen molar-refractivity contribution in [2.45, 2.75) is 37.7 Å². The number of benzene rings is 4. The lowest BCUT2D eigenvalue weighted by Gasteiger charge is -2.27. The van der Waals surface area contributed by atoms with Crippen LogP contribution in [0.15, 0.2) is 109 Å². The van der Waals surface area contributed by atoms with Crippen molar-refractivity contribution in [3.63, 3.8) is 0 Å². The summed E-state index contributed by atoms with van der Waals surface area (Å²) in [7, 11) is 0. The number of anilines is 1. The Kier molecular flexibility index (Phi) is 7.47. The number of carbonyl (C=O) groups excluding carboxylic acids is 1. The minimum atomic E-state index is -0.895. The van der Waals surface area contributed by atoms with E-state index in [4.69, 9.17) is 9.47 Å². The minimum Gasteiger partial charge on any atom is -0.489 e. The summed E-state index contributed by atoms with van der Waals surface area (Å²) in [5.41, 5.74) is 3.44. The first-order valence-corrected chi connectivity index (χ1v) is 12.3. The number of amides is 1. The van der Waals surface area contributed by atoms with Crippen LogP contribution in [-0.2, 0) is 17.8 Å². The van der Waals surface area contributed by atoms with Crippen LogP contribution in [0, 0.1) is 5.82 Å². The average Bonchev–Trinajstić information content (AvgIpc) is 3.29. The first-order valence-electron chi connectivity index (χ1n) is 12.3. The molecular formula is C31H28FNO4. The van der Waals surface area contributed by atoms with E-state index in [1.54, 1.807) is 12.1 Å². The monoisotopic (exact) mass is 497 g/mol. The Hall–Kier alpha value is -4.16. The Morgan fingerprint density at radius 3 is 2.11 bits per heavy atom. The molecule has 1 unspecified atom stereocenters. The normalized spacial score (nSPS) is 17.9. The summed E-state index contributed by atoms with van der Waals surface area (Å²) in [6.45, 7) is 0.438. The molecule has 1 N–H and O–H groups in total. The van der Waals surface area contributed by atoms with Crippen LogP contribution in [0.4, 0.5) is 14.9 Å². The summed E-state index contributed by atoms with van der Waals surface area (Å²) in [6, 6.07) is 32.3. The molecule has 4 aromatic carbocycles. The third kappa shape index (κ3) is 5.81. The molecule has 0 saturated carbocycles. The first-order chi connectivity index (χ1) is 18.1. The summed E-state index contributed by atoms with van der Waals surface area (Å²) in [5, 5.41) is 11.1. The molecule has 0 radical (unpaired) electrons. The van der Waals surface area contributed by atoms with Crippen molar-refractivity contribution in [2.75, 3.05) is 4.90 Å². The second-order valence-electron chi connectivity index (χ2n) is 9.07. The van der Waals surface area contributed by atoms with Gasteiger partial charge in [0.2, 0.25) is 0 Å². The maximum Gasteiger partial charge on any atom is 0.415 e. The number of rotatable bonds is 9. The highest BCUT2D eigenvalue weighted by Crippen LogP contribution is 2.40. The molecule has 1 heterocycles. The van der Waals surface area contributed by atoms with Gasteiger partial charge < -0.3 is 14.6 Å². The van der Waals surface area contributed by atoms with Gasteiger partial charge in [0.25, 0.3) is 0 Å². The molecule has 1 aliphatic heterocycles. The molecule has 5 rings (SSSR count). The number of carbonyl (C=O) groups is 1. The highest BCUT2D eigenvalue weighted by atomic mass is 19.1. The summed E-state index contributed by atoms with van der Waals surface area (Å²) in [6.07, 6.45) is -1.20. The highest BCUT2D eigenvalue weighted by molar-refractivity contribution is 5.91. The van der Waals surface area contributed by atoms with Crippen molar-refractivity contribution in [1.29, 1.82) is 0 Å². The topological polar surface area (TPSA) is 59.0 Å². The Bertz CT molecular complexity index is 1300. The predicted octanol–water partition coefficient (Wildman–Crippen LogP) is 6.46. The Labute approximate surface area is 215 Å². The Balaban J connectivity index is 1.38. The Morgan fingerprint density at radius 2 is 1.46 bits per heavy atom. The fourth-order valence-corrected chi connectivity index (χ4v) is 4.62. The van der Waals surface area contributed by atoms with Crippen molar-refractivity contribution in [2.24, 2.45) is 0 Å². The van der Waals surface area contributed by atoms with Crippen molar-refractivity contribution in [3.8, 4) is 5.75 Å². The van der Waals surface area contributed by atoms with E-state index in [-0.39, 0.29) is 0 Å². The van der Waals surface area contributed by atoms with E-state index < -0.39 is 30.2 Å². The fourth-order valence-electron chi connectivity index (χ4n) is 4.62. The second kappa shape index (κ2) is 11.3. The molecule has 5 nitrogen and oxygen atoms in total. The lowest BCUT2D eigenvalue weighted by molar-refractivity contribution is 0.0146. The van der Waals surface area contributed by atoms with Crippen molar-refractivity contribution < 1.29 is 23.8 Å². The molecule has 6 heteroatoms. The number of aryl methyl sites for hydroxylation is 1. The van der Waals surface area contributed by atoms with Crippen LogP contribution in [0.1, 0.15) is 29.2 Å². The Morgan fingerprint density at radius 1 is 0.838 bits per heavy atom. The summed E-state index contributed by atoms with van der Waals surface area (Å²) >= 11 is 0. The maximum absolute atomic E-state index is 13.6. The van der Waals surface area contributed by atoms with Crippen LogP contribution in [-0.4, -0.2) is 23.4 Å². The lowest BCUT2D eigenvalue weighted by Crippen LogP contribution is -2.35. The quantitative estimate of drug-likeness (QED) is 0.288. The van der Waals surface area contributed by atoms with Crippen LogP contribution >= 0.6 is 0 Å². The van der Waals surface area contributed by atoms with Crippen LogP contribution in [0.25, 0.3) is 0 Å². The molecule has 0 aliphatic carbocycles. The number of hydrogen-bond donors (Lipinski definition) is 1. The third-order valence-electron chi connectivity index (χ3n) is 6.55. The van der Waals surface area contributed by atoms with E-state index in [2.05, 4.69) is 0 Å². The zero-order chi connectivity index (χ0) is 25.6. The van der Waals surface area contributed by atoms with Gasteiger partial charge in [-0.2, -0.15) is 0 Å². The van der Waals surface area contributed by atoms with Gasteiger partial charge in [-0.25, -0.2) is 9.18 Å². The molecule has 37 heavy (non-hydrogen) atoms. The number of halogens is 1. The predicted molar refractivity (Wildman–Crippen MR) is 140 cm³/mol. The molecule has 0 spiro atoms.